The van der Waals surface area contributed by atoms with Crippen molar-refractivity contribution in [1.82, 2.24) is 24.7 Å². The monoisotopic (exact) mass is 231 g/mol. The predicted molar refractivity (Wildman–Crippen MR) is 58.5 cm³/mol. The van der Waals surface area contributed by atoms with E-state index in [-0.39, 0.29) is 5.69 Å². The quantitative estimate of drug-likeness (QED) is 0.698. The third-order valence-electron chi connectivity index (χ3n) is 2.45. The molecule has 0 amide bonds. The van der Waals surface area contributed by atoms with Crippen molar-refractivity contribution >= 4 is 5.65 Å². The first kappa shape index (κ1) is 9.76. The molecule has 1 N–H and O–H groups in total. The highest BCUT2D eigenvalue weighted by molar-refractivity contribution is 5.59. The molecule has 0 aliphatic carbocycles. The average Bonchev–Trinajstić information content (AvgIpc) is 2.96. The van der Waals surface area contributed by atoms with E-state index in [0.29, 0.717) is 23.8 Å². The van der Waals surface area contributed by atoms with Gasteiger partial charge in [0, 0.05) is 18.2 Å². The summed E-state index contributed by atoms with van der Waals surface area (Å²) in [7, 11) is 0. The van der Waals surface area contributed by atoms with Gasteiger partial charge in [0.15, 0.2) is 11.5 Å². The average molecular weight is 231 g/mol. The van der Waals surface area contributed by atoms with Crippen molar-refractivity contribution in [2.24, 2.45) is 0 Å². The Balaban J connectivity index is 2.14. The van der Waals surface area contributed by atoms with Crippen LogP contribution in [-0.4, -0.2) is 24.7 Å². The lowest BCUT2D eigenvalue weighted by Crippen LogP contribution is -2.08. The Morgan fingerprint density at radius 2 is 2.41 bits per heavy atom. The Hall–Kier alpha value is -2.44. The molecule has 0 aromatic carbocycles. The van der Waals surface area contributed by atoms with Gasteiger partial charge in [-0.25, -0.2) is 9.89 Å². The number of nitrogens with one attached hydrogen (secondary N) is 1. The maximum absolute atomic E-state index is 11.3. The van der Waals surface area contributed by atoms with Gasteiger partial charge in [-0.15, -0.1) is 0 Å². The summed E-state index contributed by atoms with van der Waals surface area (Å²) in [6.07, 6.45) is 2.33. The number of hydrogen-bond donors (Lipinski definition) is 1. The smallest absolute Gasteiger partial charge is 0.334 e. The molecule has 0 spiro atoms. The summed E-state index contributed by atoms with van der Waals surface area (Å²) in [4.78, 5) is 15.5. The van der Waals surface area contributed by atoms with Gasteiger partial charge < -0.3 is 4.52 Å². The summed E-state index contributed by atoms with van der Waals surface area (Å²) in [6.45, 7) is 1.95. The Bertz CT molecular complexity index is 723. The van der Waals surface area contributed by atoms with E-state index in [4.69, 9.17) is 4.52 Å². The molecular weight excluding hydrogens is 222 g/mol. The summed E-state index contributed by atoms with van der Waals surface area (Å²) in [5.74, 6) is 1.08. The third-order valence-corrected chi connectivity index (χ3v) is 2.45. The summed E-state index contributed by atoms with van der Waals surface area (Å²) in [6, 6.07) is 3.45. The molecule has 0 saturated carbocycles. The number of rotatable bonds is 2. The first-order chi connectivity index (χ1) is 8.28. The molecule has 7 nitrogen and oxygen atoms in total. The van der Waals surface area contributed by atoms with Gasteiger partial charge in [0.05, 0.1) is 0 Å². The second-order valence-corrected chi connectivity index (χ2v) is 3.54. The molecule has 0 fully saturated rings. The van der Waals surface area contributed by atoms with Crippen LogP contribution in [0.4, 0.5) is 0 Å². The van der Waals surface area contributed by atoms with Crippen molar-refractivity contribution in [3.63, 3.8) is 0 Å². The fourth-order valence-electron chi connectivity index (χ4n) is 1.55. The highest BCUT2D eigenvalue weighted by Gasteiger charge is 2.09. The lowest BCUT2D eigenvalue weighted by atomic mass is 10.2. The number of hydrogen-bond acceptors (Lipinski definition) is 5. The molecule has 0 radical (unpaired) electrons. The molecule has 7 heteroatoms. The second kappa shape index (κ2) is 3.55. The van der Waals surface area contributed by atoms with Gasteiger partial charge in [0.2, 0.25) is 0 Å². The molecule has 3 rings (SSSR count). The van der Waals surface area contributed by atoms with Crippen molar-refractivity contribution in [1.29, 1.82) is 0 Å². The summed E-state index contributed by atoms with van der Waals surface area (Å²) >= 11 is 0. The van der Waals surface area contributed by atoms with Crippen LogP contribution in [0, 0.1) is 0 Å². The Kier molecular flexibility index (Phi) is 2.04. The Morgan fingerprint density at radius 3 is 3.18 bits per heavy atom. The summed E-state index contributed by atoms with van der Waals surface area (Å²) < 4.78 is 6.51. The SMILES string of the molecule is CCc1noc(-c2ccn3c(=O)[nH]nc3c2)n1. The zero-order valence-corrected chi connectivity index (χ0v) is 9.04. The highest BCUT2D eigenvalue weighted by atomic mass is 16.5. The third kappa shape index (κ3) is 1.52. The normalized spacial score (nSPS) is 11.1. The van der Waals surface area contributed by atoms with E-state index in [9.17, 15) is 4.79 Å². The van der Waals surface area contributed by atoms with E-state index in [1.54, 1.807) is 18.3 Å². The van der Waals surface area contributed by atoms with Gasteiger partial charge in [-0.1, -0.05) is 12.1 Å². The van der Waals surface area contributed by atoms with Gasteiger partial charge in [0.25, 0.3) is 5.89 Å². The molecule has 0 aliphatic heterocycles. The Morgan fingerprint density at radius 1 is 1.53 bits per heavy atom. The predicted octanol–water partition coefficient (Wildman–Crippen LogP) is 0.635. The van der Waals surface area contributed by atoms with Crippen molar-refractivity contribution in [2.45, 2.75) is 13.3 Å². The summed E-state index contributed by atoms with van der Waals surface area (Å²) in [5, 5.41) is 10.0. The van der Waals surface area contributed by atoms with Crippen molar-refractivity contribution in [2.75, 3.05) is 0 Å². The van der Waals surface area contributed by atoms with E-state index in [2.05, 4.69) is 20.3 Å². The van der Waals surface area contributed by atoms with E-state index >= 15 is 0 Å². The standard InChI is InChI=1S/C10H9N5O2/c1-2-7-11-9(17-14-7)6-3-4-15-8(5-6)12-13-10(15)16/h3-5H,2H2,1H3,(H,13,16). The number of aryl methyl sites for hydroxylation is 1. The molecule has 3 heterocycles. The van der Waals surface area contributed by atoms with E-state index in [0.717, 1.165) is 5.56 Å². The molecule has 3 aromatic rings. The number of aromatic nitrogens is 5. The minimum absolute atomic E-state index is 0.272. The van der Waals surface area contributed by atoms with Crippen LogP contribution >= 0.6 is 0 Å². The molecular formula is C10H9N5O2. The van der Waals surface area contributed by atoms with Gasteiger partial charge in [-0.2, -0.15) is 10.1 Å². The van der Waals surface area contributed by atoms with Crippen LogP contribution in [0.15, 0.2) is 27.6 Å². The zero-order chi connectivity index (χ0) is 11.8. The number of fused-ring (bicyclic) bond motifs is 1. The van der Waals surface area contributed by atoms with Crippen LogP contribution in [-0.2, 0) is 6.42 Å². The molecule has 0 unspecified atom stereocenters. The van der Waals surface area contributed by atoms with Gasteiger partial charge in [-0.3, -0.25) is 4.40 Å². The van der Waals surface area contributed by atoms with Crippen LogP contribution in [0.25, 0.3) is 17.1 Å². The molecule has 0 atom stereocenters. The lowest BCUT2D eigenvalue weighted by molar-refractivity contribution is 0.423. The zero-order valence-electron chi connectivity index (χ0n) is 9.04. The van der Waals surface area contributed by atoms with E-state index < -0.39 is 0 Å². The minimum atomic E-state index is -0.272. The number of H-pyrrole nitrogens is 1. The van der Waals surface area contributed by atoms with Crippen molar-refractivity contribution < 1.29 is 4.52 Å². The van der Waals surface area contributed by atoms with E-state index in [1.807, 2.05) is 6.92 Å². The van der Waals surface area contributed by atoms with Crippen LogP contribution in [0.2, 0.25) is 0 Å². The molecule has 0 aliphatic rings. The summed E-state index contributed by atoms with van der Waals surface area (Å²) in [5.41, 5.74) is 0.985. The largest absolute Gasteiger partial charge is 0.347 e. The fraction of sp³-hybridized carbons (Fsp3) is 0.200. The Labute approximate surface area is 95.1 Å². The van der Waals surface area contributed by atoms with Crippen LogP contribution < -0.4 is 5.69 Å². The fourth-order valence-corrected chi connectivity index (χ4v) is 1.55. The minimum Gasteiger partial charge on any atom is -0.334 e. The van der Waals surface area contributed by atoms with Crippen LogP contribution in [0.5, 0.6) is 0 Å². The highest BCUT2D eigenvalue weighted by Crippen LogP contribution is 2.17. The van der Waals surface area contributed by atoms with Gasteiger partial charge in [0.1, 0.15) is 0 Å². The number of aromatic amines is 1. The molecule has 86 valence electrons. The molecule has 0 saturated heterocycles. The number of pyridine rings is 1. The van der Waals surface area contributed by atoms with E-state index in [1.165, 1.54) is 4.40 Å². The number of nitrogens with zero attached hydrogens (tertiary/aromatic N) is 4. The first-order valence-electron chi connectivity index (χ1n) is 5.17. The molecule has 3 aromatic heterocycles. The maximum atomic E-state index is 11.3. The molecule has 0 bridgehead atoms. The topological polar surface area (TPSA) is 89.1 Å². The maximum Gasteiger partial charge on any atom is 0.347 e. The van der Waals surface area contributed by atoms with Gasteiger partial charge >= 0.3 is 5.69 Å². The molecule has 17 heavy (non-hydrogen) atoms. The first-order valence-corrected chi connectivity index (χ1v) is 5.17. The van der Waals surface area contributed by atoms with Crippen molar-refractivity contribution in [3.8, 4) is 11.5 Å². The lowest BCUT2D eigenvalue weighted by Gasteiger charge is -1.94. The second-order valence-electron chi connectivity index (χ2n) is 3.54. The van der Waals surface area contributed by atoms with Crippen LogP contribution in [0.1, 0.15) is 12.7 Å². The van der Waals surface area contributed by atoms with Crippen LogP contribution in [0.3, 0.4) is 0 Å². The van der Waals surface area contributed by atoms with Gasteiger partial charge in [-0.05, 0) is 12.1 Å². The van der Waals surface area contributed by atoms with Crippen molar-refractivity contribution in [3.05, 3.63) is 34.6 Å².